The average Bonchev–Trinajstić information content (AvgIpc) is 2.75. The molecule has 0 aromatic heterocycles. The fourth-order valence-electron chi connectivity index (χ4n) is 2.88. The smallest absolute Gasteiger partial charge is 0.224 e. The molecular formula is C17H27ClN2O. The molecule has 0 bridgehead atoms. The van der Waals surface area contributed by atoms with Gasteiger partial charge in [-0.15, -0.1) is 12.4 Å². The zero-order chi connectivity index (χ0) is 14.4. The van der Waals surface area contributed by atoms with Gasteiger partial charge in [-0.3, -0.25) is 4.79 Å². The van der Waals surface area contributed by atoms with Crippen LogP contribution in [0.4, 0.5) is 0 Å². The Morgan fingerprint density at radius 1 is 1.14 bits per heavy atom. The molecule has 0 aliphatic heterocycles. The summed E-state index contributed by atoms with van der Waals surface area (Å²) < 4.78 is 0. The van der Waals surface area contributed by atoms with Crippen LogP contribution < -0.4 is 11.1 Å². The molecule has 1 fully saturated rings. The first kappa shape index (κ1) is 18.0. The highest BCUT2D eigenvalue weighted by Gasteiger charge is 2.24. The van der Waals surface area contributed by atoms with Crippen LogP contribution in [0, 0.1) is 5.92 Å². The quantitative estimate of drug-likeness (QED) is 0.835. The van der Waals surface area contributed by atoms with Crippen LogP contribution in [0.1, 0.15) is 57.1 Å². The number of halogens is 1. The molecule has 0 spiro atoms. The lowest BCUT2D eigenvalue weighted by molar-refractivity contribution is -0.125. The van der Waals surface area contributed by atoms with Gasteiger partial charge in [-0.05, 0) is 18.4 Å². The van der Waals surface area contributed by atoms with E-state index in [1.165, 1.54) is 25.7 Å². The summed E-state index contributed by atoms with van der Waals surface area (Å²) in [6, 6.07) is 9.97. The van der Waals surface area contributed by atoms with Crippen LogP contribution in [0.2, 0.25) is 0 Å². The van der Waals surface area contributed by atoms with Gasteiger partial charge in [0.2, 0.25) is 5.91 Å². The summed E-state index contributed by atoms with van der Waals surface area (Å²) in [5.74, 6) is -0.103. The summed E-state index contributed by atoms with van der Waals surface area (Å²) in [6.07, 6.45) is 7.27. The van der Waals surface area contributed by atoms with Crippen LogP contribution >= 0.6 is 12.4 Å². The lowest BCUT2D eigenvalue weighted by atomic mass is 9.94. The van der Waals surface area contributed by atoms with Crippen LogP contribution in [-0.2, 0) is 4.79 Å². The van der Waals surface area contributed by atoms with E-state index in [2.05, 4.69) is 5.32 Å². The minimum Gasteiger partial charge on any atom is -0.353 e. The number of amides is 1. The average molecular weight is 311 g/mol. The van der Waals surface area contributed by atoms with Crippen molar-refractivity contribution in [2.24, 2.45) is 11.7 Å². The van der Waals surface area contributed by atoms with Gasteiger partial charge in [0, 0.05) is 12.1 Å². The van der Waals surface area contributed by atoms with E-state index in [0.29, 0.717) is 6.04 Å². The fourth-order valence-corrected chi connectivity index (χ4v) is 2.88. The van der Waals surface area contributed by atoms with Crippen molar-refractivity contribution >= 4 is 18.3 Å². The predicted molar refractivity (Wildman–Crippen MR) is 89.4 cm³/mol. The second kappa shape index (κ2) is 9.06. The summed E-state index contributed by atoms with van der Waals surface area (Å²) >= 11 is 0. The van der Waals surface area contributed by atoms with E-state index >= 15 is 0 Å². The molecule has 1 saturated carbocycles. The SMILES string of the molecule is CC(C(=O)NC1CCCCCC1)C(N)c1ccccc1.Cl. The topological polar surface area (TPSA) is 55.1 Å². The number of hydrogen-bond donors (Lipinski definition) is 2. The molecule has 4 heteroatoms. The Balaban J connectivity index is 0.00000220. The van der Waals surface area contributed by atoms with E-state index in [4.69, 9.17) is 5.73 Å². The van der Waals surface area contributed by atoms with E-state index in [1.807, 2.05) is 37.3 Å². The molecule has 2 rings (SSSR count). The molecule has 0 heterocycles. The van der Waals surface area contributed by atoms with Crippen molar-refractivity contribution in [3.63, 3.8) is 0 Å². The minimum absolute atomic E-state index is 0. The van der Waals surface area contributed by atoms with Gasteiger partial charge < -0.3 is 11.1 Å². The zero-order valence-electron chi connectivity index (χ0n) is 12.8. The zero-order valence-corrected chi connectivity index (χ0v) is 13.6. The minimum atomic E-state index is -0.234. The monoisotopic (exact) mass is 310 g/mol. The van der Waals surface area contributed by atoms with E-state index in [0.717, 1.165) is 18.4 Å². The standard InChI is InChI=1S/C17H26N2O.ClH/c1-13(16(18)14-9-5-4-6-10-14)17(20)19-15-11-7-2-3-8-12-15;/h4-6,9-10,13,15-16H,2-3,7-8,11-12,18H2,1H3,(H,19,20);1H. The maximum Gasteiger partial charge on any atom is 0.224 e. The second-order valence-electron chi connectivity index (χ2n) is 5.92. The molecule has 0 radical (unpaired) electrons. The van der Waals surface area contributed by atoms with Gasteiger partial charge in [-0.1, -0.05) is 62.9 Å². The first-order valence-electron chi connectivity index (χ1n) is 7.79. The number of nitrogens with one attached hydrogen (secondary N) is 1. The van der Waals surface area contributed by atoms with Gasteiger partial charge in [-0.2, -0.15) is 0 Å². The van der Waals surface area contributed by atoms with Crippen molar-refractivity contribution in [3.8, 4) is 0 Å². The van der Waals surface area contributed by atoms with Gasteiger partial charge in [0.25, 0.3) is 0 Å². The number of rotatable bonds is 4. The van der Waals surface area contributed by atoms with Crippen molar-refractivity contribution in [1.29, 1.82) is 0 Å². The van der Waals surface area contributed by atoms with Gasteiger partial charge in [0.1, 0.15) is 0 Å². The highest BCUT2D eigenvalue weighted by atomic mass is 35.5. The number of benzene rings is 1. The predicted octanol–water partition coefficient (Wildman–Crippen LogP) is 3.58. The molecule has 1 aliphatic rings. The maximum absolute atomic E-state index is 12.3. The van der Waals surface area contributed by atoms with Crippen molar-refractivity contribution in [2.45, 2.75) is 57.5 Å². The fraction of sp³-hybridized carbons (Fsp3) is 0.588. The maximum atomic E-state index is 12.3. The van der Waals surface area contributed by atoms with E-state index in [9.17, 15) is 4.79 Å². The summed E-state index contributed by atoms with van der Waals surface area (Å²) in [5.41, 5.74) is 7.24. The van der Waals surface area contributed by atoms with Crippen LogP contribution in [0.3, 0.4) is 0 Å². The van der Waals surface area contributed by atoms with Gasteiger partial charge >= 0.3 is 0 Å². The molecule has 2 atom stereocenters. The van der Waals surface area contributed by atoms with E-state index in [1.54, 1.807) is 0 Å². The Labute approximate surface area is 134 Å². The number of carbonyl (C=O) groups excluding carboxylic acids is 1. The van der Waals surface area contributed by atoms with E-state index < -0.39 is 0 Å². The Hall–Kier alpha value is -1.06. The first-order chi connectivity index (χ1) is 9.68. The van der Waals surface area contributed by atoms with Crippen LogP contribution in [-0.4, -0.2) is 11.9 Å². The first-order valence-corrected chi connectivity index (χ1v) is 7.79. The Bertz CT molecular complexity index is 416. The van der Waals surface area contributed by atoms with Crippen molar-refractivity contribution < 1.29 is 4.79 Å². The van der Waals surface area contributed by atoms with Crippen LogP contribution in [0.25, 0.3) is 0 Å². The molecule has 21 heavy (non-hydrogen) atoms. The third-order valence-corrected chi connectivity index (χ3v) is 4.34. The molecule has 1 aromatic carbocycles. The normalized spacial score (nSPS) is 19.0. The molecule has 1 aromatic rings. The summed E-state index contributed by atoms with van der Waals surface area (Å²) in [7, 11) is 0. The lowest BCUT2D eigenvalue weighted by Crippen LogP contribution is -2.41. The molecule has 3 N–H and O–H groups in total. The third-order valence-electron chi connectivity index (χ3n) is 4.34. The Morgan fingerprint density at radius 3 is 2.29 bits per heavy atom. The molecule has 0 saturated heterocycles. The molecule has 3 nitrogen and oxygen atoms in total. The molecule has 118 valence electrons. The summed E-state index contributed by atoms with van der Waals surface area (Å²) in [4.78, 5) is 12.3. The van der Waals surface area contributed by atoms with Crippen molar-refractivity contribution in [2.75, 3.05) is 0 Å². The number of nitrogens with two attached hydrogens (primary N) is 1. The summed E-state index contributed by atoms with van der Waals surface area (Å²) in [5, 5.41) is 3.19. The van der Waals surface area contributed by atoms with Gasteiger partial charge in [-0.25, -0.2) is 0 Å². The summed E-state index contributed by atoms with van der Waals surface area (Å²) in [6.45, 7) is 1.92. The van der Waals surface area contributed by atoms with Crippen LogP contribution in [0.5, 0.6) is 0 Å². The highest BCUT2D eigenvalue weighted by molar-refractivity contribution is 5.85. The van der Waals surface area contributed by atoms with E-state index in [-0.39, 0.29) is 30.3 Å². The Kier molecular flexibility index (Phi) is 7.76. The highest BCUT2D eigenvalue weighted by Crippen LogP contribution is 2.21. The lowest BCUT2D eigenvalue weighted by Gasteiger charge is -2.23. The molecule has 1 amide bonds. The van der Waals surface area contributed by atoms with Crippen LogP contribution in [0.15, 0.2) is 30.3 Å². The second-order valence-corrected chi connectivity index (χ2v) is 5.92. The van der Waals surface area contributed by atoms with Crippen molar-refractivity contribution in [3.05, 3.63) is 35.9 Å². The largest absolute Gasteiger partial charge is 0.353 e. The number of carbonyl (C=O) groups is 1. The van der Waals surface area contributed by atoms with Gasteiger partial charge in [0.05, 0.1) is 5.92 Å². The molecular weight excluding hydrogens is 284 g/mol. The third kappa shape index (κ3) is 5.33. The number of hydrogen-bond acceptors (Lipinski definition) is 2. The Morgan fingerprint density at radius 2 is 1.71 bits per heavy atom. The molecule has 2 unspecified atom stereocenters. The molecule has 1 aliphatic carbocycles. The van der Waals surface area contributed by atoms with Gasteiger partial charge in [0.15, 0.2) is 0 Å². The van der Waals surface area contributed by atoms with Crippen molar-refractivity contribution in [1.82, 2.24) is 5.32 Å².